The van der Waals surface area contributed by atoms with Gasteiger partial charge in [-0.05, 0) is 25.5 Å². The van der Waals surface area contributed by atoms with Gasteiger partial charge in [-0.3, -0.25) is 4.98 Å². The van der Waals surface area contributed by atoms with Crippen molar-refractivity contribution in [2.75, 3.05) is 0 Å². The van der Waals surface area contributed by atoms with E-state index in [9.17, 15) is 0 Å². The summed E-state index contributed by atoms with van der Waals surface area (Å²) < 4.78 is 0. The van der Waals surface area contributed by atoms with Gasteiger partial charge in [0.25, 0.3) is 0 Å². The van der Waals surface area contributed by atoms with Crippen molar-refractivity contribution in [1.82, 2.24) is 4.98 Å². The molecule has 10 heavy (non-hydrogen) atoms. The molecule has 1 aromatic heterocycles. The molecule has 0 fully saturated rings. The van der Waals surface area contributed by atoms with Gasteiger partial charge in [0, 0.05) is 11.8 Å². The molecule has 50 valence electrons. The molecule has 0 saturated carbocycles. The fourth-order valence-electron chi connectivity index (χ4n) is 0.784. The lowest BCUT2D eigenvalue weighted by Crippen LogP contribution is -1.87. The van der Waals surface area contributed by atoms with Gasteiger partial charge in [0.05, 0.1) is 5.69 Å². The van der Waals surface area contributed by atoms with Crippen LogP contribution >= 0.6 is 0 Å². The van der Waals surface area contributed by atoms with E-state index in [0.717, 1.165) is 16.8 Å². The van der Waals surface area contributed by atoms with Crippen LogP contribution in [-0.2, 0) is 0 Å². The Morgan fingerprint density at radius 2 is 2.20 bits per heavy atom. The maximum atomic E-state index is 5.23. The zero-order valence-corrected chi connectivity index (χ0v) is 6.18. The first-order valence-corrected chi connectivity index (χ1v) is 3.14. The zero-order valence-electron chi connectivity index (χ0n) is 6.18. The number of aryl methyl sites for hydroxylation is 2. The van der Waals surface area contributed by atoms with Crippen molar-refractivity contribution in [3.8, 4) is 12.3 Å². The third kappa shape index (κ3) is 1.16. The molecule has 0 aliphatic heterocycles. The van der Waals surface area contributed by atoms with Crippen LogP contribution in [0.1, 0.15) is 16.8 Å². The molecule has 0 aliphatic carbocycles. The van der Waals surface area contributed by atoms with Gasteiger partial charge in [-0.1, -0.05) is 5.92 Å². The van der Waals surface area contributed by atoms with E-state index in [0.29, 0.717) is 0 Å². The molecule has 0 radical (unpaired) electrons. The summed E-state index contributed by atoms with van der Waals surface area (Å²) in [6, 6.07) is 1.96. The summed E-state index contributed by atoms with van der Waals surface area (Å²) in [4.78, 5) is 4.11. The maximum absolute atomic E-state index is 5.23. The summed E-state index contributed by atoms with van der Waals surface area (Å²) in [5.74, 6) is 2.57. The Hall–Kier alpha value is -1.29. The van der Waals surface area contributed by atoms with Crippen molar-refractivity contribution in [2.24, 2.45) is 0 Å². The van der Waals surface area contributed by atoms with Gasteiger partial charge in [-0.2, -0.15) is 0 Å². The molecule has 0 unspecified atom stereocenters. The van der Waals surface area contributed by atoms with Gasteiger partial charge in [-0.15, -0.1) is 6.42 Å². The Labute approximate surface area is 61.1 Å². The predicted octanol–water partition coefficient (Wildman–Crippen LogP) is 1.68. The van der Waals surface area contributed by atoms with Crippen LogP contribution in [0, 0.1) is 26.2 Å². The molecule has 0 saturated heterocycles. The van der Waals surface area contributed by atoms with Crippen LogP contribution in [0.5, 0.6) is 0 Å². The molecule has 0 amide bonds. The molecule has 0 aliphatic rings. The third-order valence-corrected chi connectivity index (χ3v) is 1.38. The zero-order chi connectivity index (χ0) is 7.56. The molecule has 1 heteroatoms. The number of nitrogens with zero attached hydrogens (tertiary/aromatic N) is 1. The van der Waals surface area contributed by atoms with E-state index in [4.69, 9.17) is 6.42 Å². The van der Waals surface area contributed by atoms with Crippen LogP contribution in [-0.4, -0.2) is 4.98 Å². The highest BCUT2D eigenvalue weighted by Crippen LogP contribution is 2.04. The lowest BCUT2D eigenvalue weighted by atomic mass is 10.2. The molecule has 0 N–H and O–H groups in total. The predicted molar refractivity (Wildman–Crippen MR) is 41.6 cm³/mol. The van der Waals surface area contributed by atoms with Crippen LogP contribution in [0.2, 0.25) is 0 Å². The quantitative estimate of drug-likeness (QED) is 0.488. The highest BCUT2D eigenvalue weighted by molar-refractivity contribution is 5.37. The number of hydrogen-bond acceptors (Lipinski definition) is 1. The summed E-state index contributed by atoms with van der Waals surface area (Å²) in [6.45, 7) is 3.89. The Kier molecular flexibility index (Phi) is 1.73. The number of aromatic nitrogens is 1. The second kappa shape index (κ2) is 2.53. The summed E-state index contributed by atoms with van der Waals surface area (Å²) in [6.07, 6.45) is 7.05. The Bertz CT molecular complexity index is 281. The first-order valence-electron chi connectivity index (χ1n) is 3.14. The highest BCUT2D eigenvalue weighted by atomic mass is 14.7. The van der Waals surface area contributed by atoms with Crippen molar-refractivity contribution in [1.29, 1.82) is 0 Å². The molecule has 1 heterocycles. The second-order valence-corrected chi connectivity index (χ2v) is 2.29. The standard InChI is InChI=1S/C9H9N/c1-4-9-5-7(2)6-10-8(9)3/h1,5-6H,2-3H3. The SMILES string of the molecule is C#Cc1cc(C)cnc1C. The van der Waals surface area contributed by atoms with Gasteiger partial charge in [0.1, 0.15) is 0 Å². The Balaban J connectivity index is 3.25. The smallest absolute Gasteiger partial charge is 0.0529 e. The van der Waals surface area contributed by atoms with E-state index in [-0.39, 0.29) is 0 Å². The second-order valence-electron chi connectivity index (χ2n) is 2.29. The summed E-state index contributed by atoms with van der Waals surface area (Å²) in [7, 11) is 0. The van der Waals surface area contributed by atoms with E-state index < -0.39 is 0 Å². The molecule has 0 spiro atoms. The molecule has 0 bridgehead atoms. The van der Waals surface area contributed by atoms with Gasteiger partial charge in [0.15, 0.2) is 0 Å². The topological polar surface area (TPSA) is 12.9 Å². The number of pyridine rings is 1. The molecular weight excluding hydrogens is 122 g/mol. The summed E-state index contributed by atoms with van der Waals surface area (Å²) in [5.41, 5.74) is 2.92. The minimum Gasteiger partial charge on any atom is -0.260 e. The van der Waals surface area contributed by atoms with E-state index in [1.54, 1.807) is 0 Å². The fourth-order valence-corrected chi connectivity index (χ4v) is 0.784. The molecule has 1 rings (SSSR count). The van der Waals surface area contributed by atoms with Gasteiger partial charge < -0.3 is 0 Å². The van der Waals surface area contributed by atoms with Gasteiger partial charge >= 0.3 is 0 Å². The first kappa shape index (κ1) is 6.82. The van der Waals surface area contributed by atoms with Gasteiger partial charge in [0.2, 0.25) is 0 Å². The van der Waals surface area contributed by atoms with Crippen molar-refractivity contribution in [2.45, 2.75) is 13.8 Å². The lowest BCUT2D eigenvalue weighted by Gasteiger charge is -1.96. The van der Waals surface area contributed by atoms with Crippen molar-refractivity contribution in [3.63, 3.8) is 0 Å². The molecular formula is C9H9N. The van der Waals surface area contributed by atoms with Gasteiger partial charge in [-0.25, -0.2) is 0 Å². The molecule has 0 atom stereocenters. The van der Waals surface area contributed by atoms with E-state index in [1.807, 2.05) is 26.1 Å². The van der Waals surface area contributed by atoms with E-state index in [1.165, 1.54) is 0 Å². The monoisotopic (exact) mass is 131 g/mol. The van der Waals surface area contributed by atoms with Crippen LogP contribution in [0.15, 0.2) is 12.3 Å². The minimum atomic E-state index is 0.889. The van der Waals surface area contributed by atoms with Crippen LogP contribution in [0.25, 0.3) is 0 Å². The summed E-state index contributed by atoms with van der Waals surface area (Å²) in [5, 5.41) is 0. The average molecular weight is 131 g/mol. The third-order valence-electron chi connectivity index (χ3n) is 1.38. The number of terminal acetylenes is 1. The summed E-state index contributed by atoms with van der Waals surface area (Å²) >= 11 is 0. The normalized spacial score (nSPS) is 8.90. The molecule has 1 aromatic rings. The fraction of sp³-hybridized carbons (Fsp3) is 0.222. The lowest BCUT2D eigenvalue weighted by molar-refractivity contribution is 1.16. The van der Waals surface area contributed by atoms with Crippen LogP contribution in [0.4, 0.5) is 0 Å². The minimum absolute atomic E-state index is 0.889. The largest absolute Gasteiger partial charge is 0.260 e. The van der Waals surface area contributed by atoms with Crippen LogP contribution < -0.4 is 0 Å². The first-order chi connectivity index (χ1) is 4.74. The number of rotatable bonds is 0. The average Bonchev–Trinajstić information content (AvgIpc) is 1.94. The van der Waals surface area contributed by atoms with Crippen molar-refractivity contribution < 1.29 is 0 Å². The van der Waals surface area contributed by atoms with E-state index >= 15 is 0 Å². The highest BCUT2D eigenvalue weighted by Gasteiger charge is 1.93. The maximum Gasteiger partial charge on any atom is 0.0529 e. The van der Waals surface area contributed by atoms with E-state index in [2.05, 4.69) is 10.9 Å². The Morgan fingerprint density at radius 3 is 2.70 bits per heavy atom. The Morgan fingerprint density at radius 1 is 1.50 bits per heavy atom. The van der Waals surface area contributed by atoms with Crippen molar-refractivity contribution >= 4 is 0 Å². The molecule has 1 nitrogen and oxygen atoms in total. The van der Waals surface area contributed by atoms with Crippen molar-refractivity contribution in [3.05, 3.63) is 29.1 Å². The van der Waals surface area contributed by atoms with Crippen LogP contribution in [0.3, 0.4) is 0 Å². The number of hydrogen-bond donors (Lipinski definition) is 0. The molecule has 0 aromatic carbocycles.